The fourth-order valence-electron chi connectivity index (χ4n) is 6.19. The van der Waals surface area contributed by atoms with Crippen LogP contribution in [0, 0.1) is 23.2 Å². The van der Waals surface area contributed by atoms with Crippen LogP contribution in [-0.2, 0) is 23.1 Å². The van der Waals surface area contributed by atoms with Crippen LogP contribution in [0.4, 0.5) is 4.79 Å². The zero-order valence-electron chi connectivity index (χ0n) is 23.8. The first-order valence-electron chi connectivity index (χ1n) is 13.7. The highest BCUT2D eigenvalue weighted by Gasteiger charge is 2.61. The standard InChI is InChI=1S/C23H40B2N6O6P2Si/c1-6-40(7-2,8-3)37-14(5)17-18-13(4)16(19(31(18)21(17)32)22(33)35-38-28-24)12-30-10-9-15(11-30)20(26)27-23(34)36-39-29-25/h13-15,17-18,28-29,38-39H,6-12H2,1-5H3,(H2,26,27,34)/t13-,14+,15-,17?,18+/m0/s1. The zero-order valence-corrected chi connectivity index (χ0v) is 26.8. The SMILES string of the molecule is [B]NPOC(=O)NC(=N)[C@H]1CCN(CC2=C(C(=O)OPN[B])N3C(=O)C([C@@H](C)O[Si](CC)(CC)CC)[C@H]3[C@H]2C)C1. The Kier molecular flexibility index (Phi) is 12.2. The maximum Gasteiger partial charge on any atom is 0.416 e. The van der Waals surface area contributed by atoms with Crippen molar-refractivity contribution in [2.75, 3.05) is 19.6 Å². The molecule has 0 saturated carbocycles. The quantitative estimate of drug-likeness (QED) is 0.0766. The van der Waals surface area contributed by atoms with Gasteiger partial charge < -0.3 is 28.4 Å². The lowest BCUT2D eigenvalue weighted by Gasteiger charge is -2.49. The monoisotopic (exact) mass is 608 g/mol. The summed E-state index contributed by atoms with van der Waals surface area (Å²) in [7, 11) is 7.68. The van der Waals surface area contributed by atoms with Gasteiger partial charge in [-0.15, -0.1) is 0 Å². The summed E-state index contributed by atoms with van der Waals surface area (Å²) in [6, 6.07) is 2.79. The van der Waals surface area contributed by atoms with Gasteiger partial charge in [0.1, 0.15) is 29.4 Å². The van der Waals surface area contributed by atoms with E-state index in [-0.39, 0.29) is 47.3 Å². The summed E-state index contributed by atoms with van der Waals surface area (Å²) in [6.07, 6.45) is -0.323. The normalized spacial score (nSPS) is 26.0. The summed E-state index contributed by atoms with van der Waals surface area (Å²) in [6.45, 7) is 12.2. The van der Waals surface area contributed by atoms with Crippen LogP contribution in [0.1, 0.15) is 41.0 Å². The van der Waals surface area contributed by atoms with E-state index in [1.165, 1.54) is 0 Å². The average molecular weight is 608 g/mol. The molecule has 218 valence electrons. The lowest BCUT2D eigenvalue weighted by molar-refractivity contribution is -0.161. The van der Waals surface area contributed by atoms with Gasteiger partial charge in [-0.1, -0.05) is 27.7 Å². The summed E-state index contributed by atoms with van der Waals surface area (Å²) in [5.41, 5.74) is 1.12. The Bertz CT molecular complexity index is 1000. The number of β-lactam (4-membered cyclic amide) rings is 1. The van der Waals surface area contributed by atoms with Gasteiger partial charge in [-0.3, -0.25) is 20.4 Å². The van der Waals surface area contributed by atoms with Crippen molar-refractivity contribution in [3.8, 4) is 0 Å². The maximum atomic E-state index is 13.5. The molecule has 0 aliphatic carbocycles. The molecule has 0 spiro atoms. The number of rotatable bonds is 14. The number of nitrogens with one attached hydrogen (secondary N) is 4. The molecular formula is C23H40B2N6O6P2Si. The Balaban J connectivity index is 1.76. The predicted molar refractivity (Wildman–Crippen MR) is 160 cm³/mol. The number of likely N-dealkylation sites (tertiary alicyclic amines) is 1. The van der Waals surface area contributed by atoms with Gasteiger partial charge in [0.25, 0.3) is 0 Å². The number of amides is 2. The van der Waals surface area contributed by atoms with Gasteiger partial charge in [-0.2, -0.15) is 0 Å². The van der Waals surface area contributed by atoms with E-state index < -0.39 is 38.3 Å². The van der Waals surface area contributed by atoms with E-state index in [4.69, 9.17) is 34.8 Å². The molecule has 4 N–H and O–H groups in total. The zero-order chi connectivity index (χ0) is 29.6. The molecule has 3 aliphatic rings. The molecule has 7 atom stereocenters. The van der Waals surface area contributed by atoms with Crippen molar-refractivity contribution in [3.63, 3.8) is 0 Å². The molecule has 0 aromatic rings. The van der Waals surface area contributed by atoms with Crippen molar-refractivity contribution in [2.24, 2.45) is 17.8 Å². The van der Waals surface area contributed by atoms with Crippen molar-refractivity contribution in [3.05, 3.63) is 11.3 Å². The number of hydrogen-bond donors (Lipinski definition) is 4. The molecule has 0 bridgehead atoms. The second kappa shape index (κ2) is 14.7. The molecule has 3 heterocycles. The highest BCUT2D eigenvalue weighted by Crippen LogP contribution is 2.49. The molecule has 3 rings (SSSR count). The summed E-state index contributed by atoms with van der Waals surface area (Å²) in [4.78, 5) is 46.9. The first-order valence-corrected chi connectivity index (χ1v) is 18.1. The van der Waals surface area contributed by atoms with Gasteiger partial charge in [-0.05, 0) is 43.6 Å². The molecule has 2 saturated heterocycles. The third-order valence-corrected chi connectivity index (χ3v) is 14.1. The number of carbonyl (C=O) groups excluding carboxylic acids is 3. The van der Waals surface area contributed by atoms with E-state index in [0.717, 1.165) is 23.7 Å². The van der Waals surface area contributed by atoms with Crippen LogP contribution >= 0.6 is 17.9 Å². The molecule has 17 heteroatoms. The largest absolute Gasteiger partial charge is 0.428 e. The minimum Gasteiger partial charge on any atom is -0.428 e. The van der Waals surface area contributed by atoms with Crippen LogP contribution in [0.25, 0.3) is 0 Å². The molecule has 4 radical (unpaired) electrons. The van der Waals surface area contributed by atoms with Crippen LogP contribution in [0.3, 0.4) is 0 Å². The van der Waals surface area contributed by atoms with Crippen molar-refractivity contribution in [2.45, 2.75) is 71.3 Å². The van der Waals surface area contributed by atoms with E-state index in [1.54, 1.807) is 4.90 Å². The number of amidine groups is 1. The molecular weight excluding hydrogens is 568 g/mol. The smallest absolute Gasteiger partial charge is 0.416 e. The molecule has 0 aromatic carbocycles. The topological polar surface area (TPSA) is 145 Å². The minimum atomic E-state index is -1.94. The fourth-order valence-corrected chi connectivity index (χ4v) is 9.57. The Hall–Kier alpha value is -1.33. The molecule has 3 unspecified atom stereocenters. The van der Waals surface area contributed by atoms with Crippen LogP contribution in [0.5, 0.6) is 0 Å². The minimum absolute atomic E-state index is 0.0677. The summed E-state index contributed by atoms with van der Waals surface area (Å²) >= 11 is 0. The molecule has 0 aromatic heterocycles. The van der Waals surface area contributed by atoms with Crippen molar-refractivity contribution >= 4 is 66.0 Å². The maximum absolute atomic E-state index is 13.5. The third-order valence-electron chi connectivity index (χ3n) is 8.58. The van der Waals surface area contributed by atoms with Crippen molar-refractivity contribution in [1.82, 2.24) is 25.1 Å². The average Bonchev–Trinajstić information content (AvgIpc) is 3.50. The van der Waals surface area contributed by atoms with Crippen LogP contribution in [0.15, 0.2) is 11.3 Å². The Labute approximate surface area is 244 Å². The first kappa shape index (κ1) is 33.2. The van der Waals surface area contributed by atoms with E-state index in [9.17, 15) is 14.4 Å². The number of fused-ring (bicyclic) bond motifs is 1. The fraction of sp³-hybridized carbons (Fsp3) is 0.739. The number of nitrogens with zero attached hydrogens (tertiary/aromatic N) is 2. The van der Waals surface area contributed by atoms with Gasteiger partial charge in [0.15, 0.2) is 24.3 Å². The third kappa shape index (κ3) is 6.99. The van der Waals surface area contributed by atoms with Gasteiger partial charge in [-0.25, -0.2) is 9.59 Å². The highest BCUT2D eigenvalue weighted by molar-refractivity contribution is 7.32. The van der Waals surface area contributed by atoms with Gasteiger partial charge in [0.05, 0.1) is 18.1 Å². The van der Waals surface area contributed by atoms with Gasteiger partial charge in [0.2, 0.25) is 5.91 Å². The Morgan fingerprint density at radius 1 is 1.15 bits per heavy atom. The summed E-state index contributed by atoms with van der Waals surface area (Å²) in [5, 5.41) is 10.7. The van der Waals surface area contributed by atoms with Crippen LogP contribution in [0.2, 0.25) is 18.1 Å². The van der Waals surface area contributed by atoms with E-state index in [2.05, 4.69) is 41.0 Å². The molecule has 2 fully saturated rings. The van der Waals surface area contributed by atoms with Crippen molar-refractivity contribution in [1.29, 1.82) is 5.41 Å². The summed E-state index contributed by atoms with van der Waals surface area (Å²) < 4.78 is 16.9. The van der Waals surface area contributed by atoms with Crippen LogP contribution in [-0.4, -0.2) is 89.7 Å². The molecule has 40 heavy (non-hydrogen) atoms. The Morgan fingerprint density at radius 2 is 1.77 bits per heavy atom. The summed E-state index contributed by atoms with van der Waals surface area (Å²) in [5.74, 6) is -1.24. The predicted octanol–water partition coefficient (Wildman–Crippen LogP) is 2.06. The van der Waals surface area contributed by atoms with E-state index >= 15 is 0 Å². The molecule has 3 aliphatic heterocycles. The molecule has 2 amide bonds. The highest BCUT2D eigenvalue weighted by atomic mass is 31.1. The van der Waals surface area contributed by atoms with Gasteiger partial charge in [0, 0.05) is 24.9 Å². The van der Waals surface area contributed by atoms with Gasteiger partial charge >= 0.3 is 12.1 Å². The van der Waals surface area contributed by atoms with E-state index in [0.29, 0.717) is 26.1 Å². The van der Waals surface area contributed by atoms with Crippen molar-refractivity contribution < 1.29 is 27.9 Å². The number of carbonyl (C=O) groups is 3. The lowest BCUT2D eigenvalue weighted by atomic mass is 9.77. The Morgan fingerprint density at radius 3 is 2.38 bits per heavy atom. The van der Waals surface area contributed by atoms with E-state index in [1.807, 2.05) is 13.8 Å². The number of hydrogen-bond acceptors (Lipinski definition) is 10. The first-order chi connectivity index (χ1) is 19.1. The molecule has 12 nitrogen and oxygen atoms in total. The van der Waals surface area contributed by atoms with Crippen LogP contribution < -0.4 is 15.3 Å². The lowest BCUT2D eigenvalue weighted by Crippen LogP contribution is -2.65. The second-order valence-corrected chi connectivity index (χ2v) is 16.6. The second-order valence-electron chi connectivity index (χ2n) is 10.5.